The molecule has 3 nitrogen and oxygen atoms in total. The van der Waals surface area contributed by atoms with Crippen LogP contribution in [0.1, 0.15) is 37.2 Å². The van der Waals surface area contributed by atoms with Crippen molar-refractivity contribution in [3.8, 4) is 0 Å². The quantitative estimate of drug-likeness (QED) is 0.777. The average molecular weight is 213 g/mol. The summed E-state index contributed by atoms with van der Waals surface area (Å²) >= 11 is 1.74. The van der Waals surface area contributed by atoms with E-state index in [4.69, 9.17) is 0 Å². The summed E-state index contributed by atoms with van der Waals surface area (Å²) in [6.45, 7) is 7.56. The van der Waals surface area contributed by atoms with Gasteiger partial charge in [0.15, 0.2) is 0 Å². The van der Waals surface area contributed by atoms with Crippen LogP contribution in [0.2, 0.25) is 0 Å². The third-order valence-electron chi connectivity index (χ3n) is 1.93. The van der Waals surface area contributed by atoms with Crippen LogP contribution in [0, 0.1) is 0 Å². The molecule has 0 aliphatic heterocycles. The number of hydrogen-bond acceptors (Lipinski definition) is 4. The monoisotopic (exact) mass is 213 g/mol. The lowest BCUT2D eigenvalue weighted by molar-refractivity contribution is 0.577. The summed E-state index contributed by atoms with van der Waals surface area (Å²) in [5.41, 5.74) is 0.138. The number of nitrogens with zero attached hydrogens (tertiary/aromatic N) is 2. The Bertz CT molecular complexity index is 275. The maximum atomic E-state index is 4.21. The fourth-order valence-corrected chi connectivity index (χ4v) is 2.01. The largest absolute Gasteiger partial charge is 0.320 e. The van der Waals surface area contributed by atoms with Gasteiger partial charge in [-0.05, 0) is 20.0 Å². The molecule has 1 aromatic heterocycles. The van der Waals surface area contributed by atoms with Gasteiger partial charge in [0.2, 0.25) is 0 Å². The molecule has 0 unspecified atom stereocenters. The molecule has 14 heavy (non-hydrogen) atoms. The molecule has 0 fully saturated rings. The Morgan fingerprint density at radius 3 is 2.50 bits per heavy atom. The Hall–Kier alpha value is -0.480. The van der Waals surface area contributed by atoms with Crippen LogP contribution in [-0.2, 0) is 11.8 Å². The zero-order chi connectivity index (χ0) is 10.6. The Balaban J connectivity index is 2.51. The number of rotatable bonds is 4. The van der Waals surface area contributed by atoms with Gasteiger partial charge >= 0.3 is 0 Å². The smallest absolute Gasteiger partial charge is 0.122 e. The van der Waals surface area contributed by atoms with Crippen LogP contribution in [0.4, 0.5) is 0 Å². The average Bonchev–Trinajstić information content (AvgIpc) is 2.52. The van der Waals surface area contributed by atoms with E-state index in [1.165, 1.54) is 0 Å². The van der Waals surface area contributed by atoms with Gasteiger partial charge in [-0.15, -0.1) is 21.5 Å². The van der Waals surface area contributed by atoms with Crippen molar-refractivity contribution in [3.63, 3.8) is 0 Å². The molecular formula is C10H19N3S. The minimum Gasteiger partial charge on any atom is -0.320 e. The molecular weight excluding hydrogens is 194 g/mol. The minimum atomic E-state index is 0.138. The van der Waals surface area contributed by atoms with Gasteiger partial charge in [0, 0.05) is 11.8 Å². The molecule has 0 amide bonds. The summed E-state index contributed by atoms with van der Waals surface area (Å²) in [6, 6.07) is 0. The summed E-state index contributed by atoms with van der Waals surface area (Å²) in [5, 5.41) is 13.8. The van der Waals surface area contributed by atoms with Crippen molar-refractivity contribution >= 4 is 11.3 Å². The molecule has 1 rings (SSSR count). The van der Waals surface area contributed by atoms with E-state index in [1.807, 2.05) is 7.05 Å². The van der Waals surface area contributed by atoms with Gasteiger partial charge in [0.05, 0.1) is 0 Å². The van der Waals surface area contributed by atoms with Crippen molar-refractivity contribution in [2.45, 2.75) is 39.0 Å². The van der Waals surface area contributed by atoms with E-state index in [9.17, 15) is 0 Å². The molecule has 0 aliphatic carbocycles. The maximum absolute atomic E-state index is 4.21. The molecule has 0 spiro atoms. The second kappa shape index (κ2) is 4.84. The van der Waals surface area contributed by atoms with E-state index in [2.05, 4.69) is 36.3 Å². The van der Waals surface area contributed by atoms with Gasteiger partial charge in [0.25, 0.3) is 0 Å². The number of aromatic nitrogens is 2. The van der Waals surface area contributed by atoms with Gasteiger partial charge in [-0.3, -0.25) is 0 Å². The number of hydrogen-bond donors (Lipinski definition) is 1. The lowest BCUT2D eigenvalue weighted by Gasteiger charge is -2.12. The predicted octanol–water partition coefficient (Wildman–Crippen LogP) is 1.99. The van der Waals surface area contributed by atoms with Crippen molar-refractivity contribution in [2.24, 2.45) is 0 Å². The highest BCUT2D eigenvalue weighted by atomic mass is 32.1. The van der Waals surface area contributed by atoms with Gasteiger partial charge in [-0.25, -0.2) is 0 Å². The SMILES string of the molecule is CNCCCc1nnc(C(C)(C)C)s1. The number of aryl methyl sites for hydroxylation is 1. The summed E-state index contributed by atoms with van der Waals surface area (Å²) in [4.78, 5) is 0. The molecule has 0 bridgehead atoms. The summed E-state index contributed by atoms with van der Waals surface area (Å²) in [5.74, 6) is 0. The molecule has 0 aromatic carbocycles. The molecule has 80 valence electrons. The maximum Gasteiger partial charge on any atom is 0.122 e. The Morgan fingerprint density at radius 2 is 2.00 bits per heavy atom. The highest BCUT2D eigenvalue weighted by Crippen LogP contribution is 2.25. The predicted molar refractivity (Wildman–Crippen MR) is 60.9 cm³/mol. The van der Waals surface area contributed by atoms with E-state index in [-0.39, 0.29) is 5.41 Å². The molecule has 1 aromatic rings. The highest BCUT2D eigenvalue weighted by molar-refractivity contribution is 7.11. The van der Waals surface area contributed by atoms with Crippen LogP contribution < -0.4 is 5.32 Å². The molecule has 0 aliphatic rings. The first-order valence-corrected chi connectivity index (χ1v) is 5.83. The molecule has 0 saturated heterocycles. The second-order valence-corrected chi connectivity index (χ2v) is 5.52. The van der Waals surface area contributed by atoms with Gasteiger partial charge in [-0.1, -0.05) is 20.8 Å². The van der Waals surface area contributed by atoms with E-state index in [0.29, 0.717) is 0 Å². The third kappa shape index (κ3) is 3.35. The lowest BCUT2D eigenvalue weighted by atomic mass is 9.98. The number of nitrogens with one attached hydrogen (secondary N) is 1. The zero-order valence-electron chi connectivity index (χ0n) is 9.42. The van der Waals surface area contributed by atoms with Crippen LogP contribution in [0.15, 0.2) is 0 Å². The molecule has 1 heterocycles. The van der Waals surface area contributed by atoms with Crippen molar-refractivity contribution < 1.29 is 0 Å². The first kappa shape index (κ1) is 11.6. The van der Waals surface area contributed by atoms with E-state index >= 15 is 0 Å². The Morgan fingerprint density at radius 1 is 1.29 bits per heavy atom. The second-order valence-electron chi connectivity index (χ2n) is 4.46. The summed E-state index contributed by atoms with van der Waals surface area (Å²) < 4.78 is 0. The van der Waals surface area contributed by atoms with Crippen LogP contribution in [0.3, 0.4) is 0 Å². The lowest BCUT2D eigenvalue weighted by Crippen LogP contribution is -2.10. The Kier molecular flexibility index (Phi) is 4.01. The van der Waals surface area contributed by atoms with Crippen LogP contribution in [0.25, 0.3) is 0 Å². The summed E-state index contributed by atoms with van der Waals surface area (Å²) in [7, 11) is 1.97. The van der Waals surface area contributed by atoms with E-state index in [0.717, 1.165) is 29.4 Å². The minimum absolute atomic E-state index is 0.138. The normalized spacial score (nSPS) is 12.0. The zero-order valence-corrected chi connectivity index (χ0v) is 10.2. The fraction of sp³-hybridized carbons (Fsp3) is 0.800. The van der Waals surface area contributed by atoms with Crippen molar-refractivity contribution in [1.82, 2.24) is 15.5 Å². The van der Waals surface area contributed by atoms with E-state index in [1.54, 1.807) is 11.3 Å². The molecule has 4 heteroatoms. The molecule has 0 saturated carbocycles. The van der Waals surface area contributed by atoms with Gasteiger partial charge in [-0.2, -0.15) is 0 Å². The highest BCUT2D eigenvalue weighted by Gasteiger charge is 2.18. The molecule has 0 atom stereocenters. The van der Waals surface area contributed by atoms with Crippen molar-refractivity contribution in [1.29, 1.82) is 0 Å². The third-order valence-corrected chi connectivity index (χ3v) is 3.33. The van der Waals surface area contributed by atoms with Crippen LogP contribution in [0.5, 0.6) is 0 Å². The first-order valence-electron chi connectivity index (χ1n) is 5.01. The Labute approximate surface area is 89.9 Å². The van der Waals surface area contributed by atoms with Crippen molar-refractivity contribution in [3.05, 3.63) is 10.0 Å². The first-order chi connectivity index (χ1) is 6.54. The standard InChI is InChI=1S/C10H19N3S/c1-10(2,3)9-13-12-8(14-9)6-5-7-11-4/h11H,5-7H2,1-4H3. The van der Waals surface area contributed by atoms with E-state index < -0.39 is 0 Å². The van der Waals surface area contributed by atoms with Gasteiger partial charge < -0.3 is 5.32 Å². The van der Waals surface area contributed by atoms with Crippen LogP contribution in [-0.4, -0.2) is 23.8 Å². The van der Waals surface area contributed by atoms with Gasteiger partial charge in [0.1, 0.15) is 10.0 Å². The fourth-order valence-electron chi connectivity index (χ4n) is 1.07. The molecule has 1 N–H and O–H groups in total. The van der Waals surface area contributed by atoms with Crippen LogP contribution >= 0.6 is 11.3 Å². The molecule has 0 radical (unpaired) electrons. The summed E-state index contributed by atoms with van der Waals surface area (Å²) in [6.07, 6.45) is 2.17. The van der Waals surface area contributed by atoms with Crippen molar-refractivity contribution in [2.75, 3.05) is 13.6 Å². The topological polar surface area (TPSA) is 37.8 Å².